The van der Waals surface area contributed by atoms with Crippen LogP contribution in [-0.4, -0.2) is 32.0 Å². The summed E-state index contributed by atoms with van der Waals surface area (Å²) in [4.78, 5) is 29.9. The Morgan fingerprint density at radius 2 is 1.88 bits per heavy atom. The Morgan fingerprint density at radius 3 is 2.62 bits per heavy atom. The highest BCUT2D eigenvalue weighted by Gasteiger charge is 2.48. The van der Waals surface area contributed by atoms with E-state index in [2.05, 4.69) is 10.4 Å². The van der Waals surface area contributed by atoms with Gasteiger partial charge < -0.3 is 10.2 Å². The zero-order valence-corrected chi connectivity index (χ0v) is 20.1. The van der Waals surface area contributed by atoms with Crippen molar-refractivity contribution in [2.45, 2.75) is 32.1 Å². The van der Waals surface area contributed by atoms with Crippen LogP contribution in [0.15, 0.2) is 78.2 Å². The third-order valence-corrected chi connectivity index (χ3v) is 7.40. The summed E-state index contributed by atoms with van der Waals surface area (Å²) in [6.45, 7) is 2.62. The second kappa shape index (κ2) is 9.08. The molecule has 8 heteroatoms. The van der Waals surface area contributed by atoms with Gasteiger partial charge >= 0.3 is 0 Å². The van der Waals surface area contributed by atoms with Crippen LogP contribution in [0, 0.1) is 0 Å². The van der Waals surface area contributed by atoms with Crippen molar-refractivity contribution in [1.82, 2.24) is 20.0 Å². The lowest BCUT2D eigenvalue weighted by atomic mass is 9.94. The minimum atomic E-state index is -1.16. The molecule has 2 amide bonds. The van der Waals surface area contributed by atoms with Gasteiger partial charge in [-0.2, -0.15) is 5.10 Å². The largest absolute Gasteiger partial charge is 0.350 e. The van der Waals surface area contributed by atoms with Gasteiger partial charge in [0.25, 0.3) is 5.91 Å². The number of carbonyl (C=O) groups is 2. The first-order valence-corrected chi connectivity index (χ1v) is 12.2. The van der Waals surface area contributed by atoms with Crippen LogP contribution in [0.25, 0.3) is 10.6 Å². The highest BCUT2D eigenvalue weighted by atomic mass is 35.5. The van der Waals surface area contributed by atoms with Crippen LogP contribution >= 0.6 is 22.9 Å². The van der Waals surface area contributed by atoms with Crippen LogP contribution in [-0.2, 0) is 24.4 Å². The van der Waals surface area contributed by atoms with E-state index in [1.165, 1.54) is 0 Å². The van der Waals surface area contributed by atoms with Crippen molar-refractivity contribution in [1.29, 1.82) is 0 Å². The maximum Gasteiger partial charge on any atom is 0.273 e. The lowest BCUT2D eigenvalue weighted by Crippen LogP contribution is -2.63. The molecule has 0 saturated heterocycles. The summed E-state index contributed by atoms with van der Waals surface area (Å²) in [5.41, 5.74) is 1.80. The normalized spacial score (nSPS) is 17.5. The van der Waals surface area contributed by atoms with E-state index >= 15 is 0 Å². The number of amides is 2. The fraction of sp³-hybridized carbons (Fsp3) is 0.192. The number of nitrogens with one attached hydrogen (secondary N) is 1. The van der Waals surface area contributed by atoms with Crippen LogP contribution in [0.1, 0.15) is 28.5 Å². The Hall–Kier alpha value is -3.42. The van der Waals surface area contributed by atoms with Gasteiger partial charge in [-0.1, -0.05) is 66.2 Å². The Morgan fingerprint density at radius 1 is 1.12 bits per heavy atom. The highest BCUT2D eigenvalue weighted by Crippen LogP contribution is 2.33. The SMILES string of the molecule is C[C@@]1(C(=O)NCc2ccccc2)Cn2nc(-c3cccs3)cc2C(=O)N1Cc1ccccc1Cl. The third kappa shape index (κ3) is 4.13. The molecule has 2 aromatic carbocycles. The van der Waals surface area contributed by atoms with Gasteiger partial charge in [-0.3, -0.25) is 14.3 Å². The summed E-state index contributed by atoms with van der Waals surface area (Å²) in [6, 6.07) is 22.8. The predicted molar refractivity (Wildman–Crippen MR) is 134 cm³/mol. The van der Waals surface area contributed by atoms with Gasteiger partial charge in [0.05, 0.1) is 11.4 Å². The number of halogens is 1. The molecule has 3 heterocycles. The number of rotatable bonds is 6. The molecule has 0 radical (unpaired) electrons. The topological polar surface area (TPSA) is 67.2 Å². The maximum atomic E-state index is 13.8. The molecule has 4 aromatic rings. The lowest BCUT2D eigenvalue weighted by molar-refractivity contribution is -0.133. The molecule has 0 bridgehead atoms. The van der Waals surface area contributed by atoms with E-state index in [9.17, 15) is 9.59 Å². The standard InChI is InChI=1S/C26H23ClN4O2S/c1-26(25(33)28-15-18-8-3-2-4-9-18)17-31-22(14-21(29-31)23-12-7-13-34-23)24(32)30(26)16-19-10-5-6-11-20(19)27/h2-14H,15-17H2,1H3,(H,28,33)/t26-/m0/s1. The van der Waals surface area contributed by atoms with Crippen LogP contribution < -0.4 is 5.32 Å². The summed E-state index contributed by atoms with van der Waals surface area (Å²) in [5.74, 6) is -0.491. The Kier molecular flexibility index (Phi) is 5.98. The molecule has 34 heavy (non-hydrogen) atoms. The van der Waals surface area contributed by atoms with Crippen molar-refractivity contribution in [3.05, 3.63) is 100 Å². The molecule has 1 N–H and O–H groups in total. The summed E-state index contributed by atoms with van der Waals surface area (Å²) in [6.07, 6.45) is 0. The molecule has 0 saturated carbocycles. The maximum absolute atomic E-state index is 13.8. The monoisotopic (exact) mass is 490 g/mol. The van der Waals surface area contributed by atoms with Gasteiger partial charge in [-0.15, -0.1) is 11.3 Å². The first-order valence-electron chi connectivity index (χ1n) is 10.9. The molecule has 0 unspecified atom stereocenters. The number of hydrogen-bond acceptors (Lipinski definition) is 4. The number of carbonyl (C=O) groups excluding carboxylic acids is 2. The number of thiophene rings is 1. The lowest BCUT2D eigenvalue weighted by Gasteiger charge is -2.43. The van der Waals surface area contributed by atoms with Gasteiger partial charge in [-0.05, 0) is 41.6 Å². The van der Waals surface area contributed by atoms with E-state index in [0.717, 1.165) is 21.7 Å². The molecule has 6 nitrogen and oxygen atoms in total. The molecule has 2 aromatic heterocycles. The van der Waals surface area contributed by atoms with E-state index < -0.39 is 5.54 Å². The summed E-state index contributed by atoms with van der Waals surface area (Å²) in [7, 11) is 0. The summed E-state index contributed by atoms with van der Waals surface area (Å²) < 4.78 is 1.66. The van der Waals surface area contributed by atoms with Crippen LogP contribution in [0.4, 0.5) is 0 Å². The molecule has 1 aliphatic rings. The fourth-order valence-corrected chi connectivity index (χ4v) is 5.08. The molecule has 0 fully saturated rings. The Labute approximate surface area is 206 Å². The van der Waals surface area contributed by atoms with Gasteiger partial charge in [0.15, 0.2) is 0 Å². The van der Waals surface area contributed by atoms with Crippen LogP contribution in [0.3, 0.4) is 0 Å². The Balaban J connectivity index is 1.51. The molecule has 5 rings (SSSR count). The van der Waals surface area contributed by atoms with E-state index in [1.54, 1.807) is 40.0 Å². The van der Waals surface area contributed by atoms with Gasteiger partial charge in [0, 0.05) is 18.1 Å². The van der Waals surface area contributed by atoms with E-state index in [0.29, 0.717) is 17.3 Å². The summed E-state index contributed by atoms with van der Waals surface area (Å²) in [5, 5.41) is 10.2. The number of hydrogen-bond donors (Lipinski definition) is 1. The van der Waals surface area contributed by atoms with Crippen LogP contribution in [0.2, 0.25) is 5.02 Å². The van der Waals surface area contributed by atoms with Crippen LogP contribution in [0.5, 0.6) is 0 Å². The molecule has 1 aliphatic heterocycles. The first kappa shape index (κ1) is 22.4. The number of benzene rings is 2. The smallest absolute Gasteiger partial charge is 0.273 e. The molecule has 1 atom stereocenters. The van der Waals surface area contributed by atoms with E-state index in [4.69, 9.17) is 11.6 Å². The molecular weight excluding hydrogens is 468 g/mol. The number of fused-ring (bicyclic) bond motifs is 1. The quantitative estimate of drug-likeness (QED) is 0.413. The van der Waals surface area contributed by atoms with Gasteiger partial charge in [0.2, 0.25) is 5.91 Å². The number of nitrogens with zero attached hydrogens (tertiary/aromatic N) is 3. The number of aromatic nitrogens is 2. The zero-order valence-electron chi connectivity index (χ0n) is 18.6. The second-order valence-corrected chi connectivity index (χ2v) is 9.83. The average Bonchev–Trinajstić information content (AvgIpc) is 3.52. The fourth-order valence-electron chi connectivity index (χ4n) is 4.20. The minimum Gasteiger partial charge on any atom is -0.350 e. The average molecular weight is 491 g/mol. The minimum absolute atomic E-state index is 0.216. The van der Waals surface area contributed by atoms with Crippen molar-refractivity contribution in [3.8, 4) is 10.6 Å². The second-order valence-electron chi connectivity index (χ2n) is 8.47. The zero-order chi connectivity index (χ0) is 23.7. The van der Waals surface area contributed by atoms with E-state index in [1.807, 2.05) is 66.0 Å². The molecule has 172 valence electrons. The first-order chi connectivity index (χ1) is 16.5. The third-order valence-electron chi connectivity index (χ3n) is 6.14. The Bertz CT molecular complexity index is 1340. The van der Waals surface area contributed by atoms with Crippen molar-refractivity contribution in [2.24, 2.45) is 0 Å². The van der Waals surface area contributed by atoms with Crippen molar-refractivity contribution in [2.75, 3.05) is 0 Å². The predicted octanol–water partition coefficient (Wildman–Crippen LogP) is 5.00. The van der Waals surface area contributed by atoms with Crippen molar-refractivity contribution >= 4 is 34.8 Å². The van der Waals surface area contributed by atoms with E-state index in [-0.39, 0.29) is 24.9 Å². The van der Waals surface area contributed by atoms with Gasteiger partial charge in [0.1, 0.15) is 16.9 Å². The molecular formula is C26H23ClN4O2S. The van der Waals surface area contributed by atoms with Gasteiger partial charge in [-0.25, -0.2) is 0 Å². The molecule has 0 spiro atoms. The molecule has 0 aliphatic carbocycles. The highest BCUT2D eigenvalue weighted by molar-refractivity contribution is 7.13. The van der Waals surface area contributed by atoms with Crippen molar-refractivity contribution < 1.29 is 9.59 Å². The van der Waals surface area contributed by atoms with Crippen molar-refractivity contribution in [3.63, 3.8) is 0 Å². The summed E-state index contributed by atoms with van der Waals surface area (Å²) >= 11 is 7.98.